The maximum atomic E-state index is 12.8. The Labute approximate surface area is 199 Å². The van der Waals surface area contributed by atoms with Crippen molar-refractivity contribution in [3.63, 3.8) is 0 Å². The highest BCUT2D eigenvalue weighted by Gasteiger charge is 2.18. The maximum Gasteiger partial charge on any atom is 0.412 e. The highest BCUT2D eigenvalue weighted by molar-refractivity contribution is 7.90. The summed E-state index contributed by atoms with van der Waals surface area (Å²) >= 11 is 0. The number of carbonyl (C=O) groups excluding carboxylic acids is 2. The molecular formula is C25H27N3O5S. The third-order valence-electron chi connectivity index (χ3n) is 4.53. The van der Waals surface area contributed by atoms with Crippen molar-refractivity contribution in [2.75, 3.05) is 10.6 Å². The van der Waals surface area contributed by atoms with Crippen LogP contribution >= 0.6 is 0 Å². The van der Waals surface area contributed by atoms with E-state index >= 15 is 0 Å². The van der Waals surface area contributed by atoms with Gasteiger partial charge in [0.2, 0.25) is 5.91 Å². The first-order chi connectivity index (χ1) is 15.9. The van der Waals surface area contributed by atoms with Crippen LogP contribution in [0.15, 0.2) is 78.0 Å². The summed E-state index contributed by atoms with van der Waals surface area (Å²) in [5, 5.41) is 5.31. The molecule has 3 rings (SSSR count). The molecule has 0 bridgehead atoms. The molecule has 2 aromatic carbocycles. The van der Waals surface area contributed by atoms with E-state index in [2.05, 4.69) is 10.6 Å². The van der Waals surface area contributed by atoms with Gasteiger partial charge in [-0.2, -0.15) is 0 Å². The summed E-state index contributed by atoms with van der Waals surface area (Å²) in [6, 6.07) is 14.9. The van der Waals surface area contributed by atoms with Gasteiger partial charge in [-0.05, 0) is 69.7 Å². The van der Waals surface area contributed by atoms with Gasteiger partial charge in [0.25, 0.3) is 10.0 Å². The number of aryl methyl sites for hydroxylation is 1. The quantitative estimate of drug-likeness (QED) is 0.480. The van der Waals surface area contributed by atoms with Crippen molar-refractivity contribution in [3.8, 4) is 0 Å². The Bertz CT molecular complexity index is 1320. The fraction of sp³-hybridized carbons (Fsp3) is 0.200. The number of aromatic nitrogens is 1. The first-order valence-electron chi connectivity index (χ1n) is 10.5. The van der Waals surface area contributed by atoms with Crippen molar-refractivity contribution in [1.82, 2.24) is 3.97 Å². The summed E-state index contributed by atoms with van der Waals surface area (Å²) in [4.78, 5) is 24.7. The normalized spacial score (nSPS) is 11.9. The molecule has 8 nitrogen and oxygen atoms in total. The molecule has 0 radical (unpaired) electrons. The van der Waals surface area contributed by atoms with Gasteiger partial charge in [0.15, 0.2) is 0 Å². The van der Waals surface area contributed by atoms with E-state index in [4.69, 9.17) is 4.74 Å². The third-order valence-corrected chi connectivity index (χ3v) is 6.18. The topological polar surface area (TPSA) is 107 Å². The number of anilines is 2. The smallest absolute Gasteiger partial charge is 0.412 e. The second-order valence-corrected chi connectivity index (χ2v) is 10.4. The average Bonchev–Trinajstić information content (AvgIpc) is 3.23. The predicted octanol–water partition coefficient (Wildman–Crippen LogP) is 5.03. The van der Waals surface area contributed by atoms with Crippen LogP contribution in [0.25, 0.3) is 6.08 Å². The second kappa shape index (κ2) is 9.96. The lowest BCUT2D eigenvalue weighted by Crippen LogP contribution is -2.27. The van der Waals surface area contributed by atoms with Crippen molar-refractivity contribution in [2.24, 2.45) is 0 Å². The van der Waals surface area contributed by atoms with Crippen LogP contribution in [0.3, 0.4) is 0 Å². The SMILES string of the molecule is Cc1ccc(S(=O)(=O)n2ccc(/C=C/C(=O)Nc3ccccc3NC(=O)OC(C)(C)C)c2)cc1. The maximum absolute atomic E-state index is 12.8. The lowest BCUT2D eigenvalue weighted by Gasteiger charge is -2.20. The lowest BCUT2D eigenvalue weighted by molar-refractivity contribution is -0.111. The minimum atomic E-state index is -3.72. The number of nitrogens with zero attached hydrogens (tertiary/aromatic N) is 1. The molecule has 0 atom stereocenters. The average molecular weight is 482 g/mol. The number of hydrogen-bond acceptors (Lipinski definition) is 5. The van der Waals surface area contributed by atoms with Gasteiger partial charge in [0.1, 0.15) is 5.60 Å². The van der Waals surface area contributed by atoms with E-state index in [1.807, 2.05) is 6.92 Å². The lowest BCUT2D eigenvalue weighted by atomic mass is 10.2. The van der Waals surface area contributed by atoms with Crippen molar-refractivity contribution < 1.29 is 22.7 Å². The number of benzene rings is 2. The highest BCUT2D eigenvalue weighted by atomic mass is 32.2. The Morgan fingerprint density at radius 3 is 2.18 bits per heavy atom. The van der Waals surface area contributed by atoms with Crippen LogP contribution in [-0.2, 0) is 19.6 Å². The Hall–Kier alpha value is -3.85. The molecule has 2 amide bonds. The van der Waals surface area contributed by atoms with E-state index in [0.717, 1.165) is 9.54 Å². The molecule has 9 heteroatoms. The van der Waals surface area contributed by atoms with Crippen molar-refractivity contribution in [3.05, 3.63) is 84.2 Å². The highest BCUT2D eigenvalue weighted by Crippen LogP contribution is 2.22. The van der Waals surface area contributed by atoms with Gasteiger partial charge < -0.3 is 10.1 Å². The van der Waals surface area contributed by atoms with Gasteiger partial charge in [0, 0.05) is 18.5 Å². The van der Waals surface area contributed by atoms with Crippen LogP contribution in [0.4, 0.5) is 16.2 Å². The Morgan fingerprint density at radius 2 is 1.56 bits per heavy atom. The van der Waals surface area contributed by atoms with E-state index in [1.54, 1.807) is 75.4 Å². The van der Waals surface area contributed by atoms with Crippen LogP contribution < -0.4 is 10.6 Å². The van der Waals surface area contributed by atoms with Gasteiger partial charge >= 0.3 is 6.09 Å². The van der Waals surface area contributed by atoms with Crippen molar-refractivity contribution >= 4 is 39.5 Å². The summed E-state index contributed by atoms with van der Waals surface area (Å²) < 4.78 is 31.9. The summed E-state index contributed by atoms with van der Waals surface area (Å²) in [5.41, 5.74) is 1.61. The number of para-hydroxylation sites is 2. The van der Waals surface area contributed by atoms with Crippen LogP contribution in [0.5, 0.6) is 0 Å². The number of rotatable bonds is 6. The molecule has 2 N–H and O–H groups in total. The number of nitrogens with one attached hydrogen (secondary N) is 2. The number of carbonyl (C=O) groups is 2. The van der Waals surface area contributed by atoms with E-state index in [-0.39, 0.29) is 4.90 Å². The van der Waals surface area contributed by atoms with Crippen molar-refractivity contribution in [2.45, 2.75) is 38.2 Å². The van der Waals surface area contributed by atoms with Gasteiger partial charge in [-0.15, -0.1) is 0 Å². The van der Waals surface area contributed by atoms with Gasteiger partial charge in [-0.25, -0.2) is 17.2 Å². The number of amides is 2. The molecule has 0 aliphatic rings. The summed E-state index contributed by atoms with van der Waals surface area (Å²) in [7, 11) is -3.72. The molecule has 0 fully saturated rings. The van der Waals surface area contributed by atoms with Gasteiger partial charge in [-0.3, -0.25) is 10.1 Å². The molecule has 0 unspecified atom stereocenters. The monoisotopic (exact) mass is 481 g/mol. The van der Waals surface area contributed by atoms with Crippen LogP contribution in [0.2, 0.25) is 0 Å². The van der Waals surface area contributed by atoms with E-state index in [0.29, 0.717) is 16.9 Å². The minimum Gasteiger partial charge on any atom is -0.444 e. The number of hydrogen-bond donors (Lipinski definition) is 2. The molecule has 34 heavy (non-hydrogen) atoms. The molecular weight excluding hydrogens is 454 g/mol. The fourth-order valence-corrected chi connectivity index (χ4v) is 4.14. The molecule has 3 aromatic rings. The first kappa shape index (κ1) is 24.8. The first-order valence-corrected chi connectivity index (χ1v) is 12.0. The molecule has 0 saturated heterocycles. The van der Waals surface area contributed by atoms with Crippen LogP contribution in [-0.4, -0.2) is 30.0 Å². The third kappa shape index (κ3) is 6.58. The second-order valence-electron chi connectivity index (χ2n) is 8.59. The fourth-order valence-electron chi connectivity index (χ4n) is 2.93. The predicted molar refractivity (Wildman–Crippen MR) is 132 cm³/mol. The standard InChI is InChI=1S/C25H27N3O5S/c1-18-9-12-20(13-10-18)34(31,32)28-16-15-19(17-28)11-14-23(29)26-21-7-5-6-8-22(21)27-24(30)33-25(2,3)4/h5-17H,1-4H3,(H,26,29)(H,27,30)/b14-11+. The summed E-state index contributed by atoms with van der Waals surface area (Å²) in [6.45, 7) is 7.14. The number of ether oxygens (including phenoxy) is 1. The van der Waals surface area contributed by atoms with E-state index < -0.39 is 27.6 Å². The zero-order valence-electron chi connectivity index (χ0n) is 19.4. The summed E-state index contributed by atoms with van der Waals surface area (Å²) in [5.74, 6) is -0.451. The molecule has 0 aliphatic carbocycles. The van der Waals surface area contributed by atoms with E-state index in [9.17, 15) is 18.0 Å². The molecule has 178 valence electrons. The molecule has 1 heterocycles. The Kier molecular flexibility index (Phi) is 7.26. The zero-order chi connectivity index (χ0) is 24.9. The largest absolute Gasteiger partial charge is 0.444 e. The minimum absolute atomic E-state index is 0.177. The van der Waals surface area contributed by atoms with Crippen LogP contribution in [0, 0.1) is 6.92 Å². The van der Waals surface area contributed by atoms with Gasteiger partial charge in [-0.1, -0.05) is 29.8 Å². The Balaban J connectivity index is 1.68. The zero-order valence-corrected chi connectivity index (χ0v) is 20.2. The van der Waals surface area contributed by atoms with E-state index in [1.165, 1.54) is 24.5 Å². The summed E-state index contributed by atoms with van der Waals surface area (Å²) in [6.07, 6.45) is 4.99. The van der Waals surface area contributed by atoms with Gasteiger partial charge in [0.05, 0.1) is 16.3 Å². The molecule has 0 aliphatic heterocycles. The molecule has 1 aromatic heterocycles. The van der Waals surface area contributed by atoms with Crippen LogP contribution in [0.1, 0.15) is 31.9 Å². The Morgan fingerprint density at radius 1 is 0.941 bits per heavy atom. The molecule has 0 spiro atoms. The molecule has 0 saturated carbocycles. The van der Waals surface area contributed by atoms with Crippen molar-refractivity contribution in [1.29, 1.82) is 0 Å².